The number of nitrogens with one attached hydrogen (secondary N) is 3. The molecule has 0 amide bonds. The summed E-state index contributed by atoms with van der Waals surface area (Å²) in [5.74, 6) is 0.682. The largest absolute Gasteiger partial charge is 0.378 e. The monoisotopic (exact) mass is 396 g/mol. The summed E-state index contributed by atoms with van der Waals surface area (Å²) in [4.78, 5) is 4.21. The average Bonchev–Trinajstić information content (AvgIpc) is 2.64. The van der Waals surface area contributed by atoms with Crippen LogP contribution >= 0.6 is 0 Å². The van der Waals surface area contributed by atoms with E-state index in [1.807, 2.05) is 12.1 Å². The van der Waals surface area contributed by atoms with Gasteiger partial charge in [-0.25, -0.2) is 8.42 Å². The molecule has 1 aliphatic carbocycles. The van der Waals surface area contributed by atoms with Crippen LogP contribution in [0.3, 0.4) is 0 Å². The van der Waals surface area contributed by atoms with Gasteiger partial charge in [-0.2, -0.15) is 0 Å². The van der Waals surface area contributed by atoms with Gasteiger partial charge in [0.05, 0.1) is 18.0 Å². The molecule has 0 saturated heterocycles. The predicted octanol–water partition coefficient (Wildman–Crippen LogP) is 2.46. The highest BCUT2D eigenvalue weighted by Crippen LogP contribution is 2.20. The summed E-state index contributed by atoms with van der Waals surface area (Å²) in [5.41, 5.74) is 1.43. The number of anilines is 1. The molecule has 0 atom stereocenters. The SMILES string of the molecule is CN=C(NCCCOC1CCCCC1)NCc1ccccc1NS(C)(=O)=O. The third-order valence-electron chi connectivity index (χ3n) is 4.50. The molecule has 1 aliphatic rings. The van der Waals surface area contributed by atoms with Crippen LogP contribution in [0, 0.1) is 0 Å². The van der Waals surface area contributed by atoms with Gasteiger partial charge in [-0.1, -0.05) is 37.5 Å². The van der Waals surface area contributed by atoms with E-state index in [1.165, 1.54) is 32.1 Å². The van der Waals surface area contributed by atoms with Gasteiger partial charge in [0.25, 0.3) is 0 Å². The molecule has 0 aliphatic heterocycles. The second-order valence-corrected chi connectivity index (χ2v) is 8.62. The molecule has 0 aromatic heterocycles. The van der Waals surface area contributed by atoms with Gasteiger partial charge in [0.15, 0.2) is 5.96 Å². The summed E-state index contributed by atoms with van der Waals surface area (Å²) in [6.45, 7) is 2.00. The maximum Gasteiger partial charge on any atom is 0.229 e. The Bertz CT molecular complexity index is 701. The zero-order valence-corrected chi connectivity index (χ0v) is 17.1. The van der Waals surface area contributed by atoms with Gasteiger partial charge in [-0.3, -0.25) is 9.71 Å². The molecule has 0 unspecified atom stereocenters. The Balaban J connectivity index is 1.71. The molecule has 3 N–H and O–H groups in total. The van der Waals surface area contributed by atoms with E-state index < -0.39 is 10.0 Å². The quantitative estimate of drug-likeness (QED) is 0.339. The number of hydrogen-bond donors (Lipinski definition) is 3. The lowest BCUT2D eigenvalue weighted by atomic mass is 9.98. The summed E-state index contributed by atoms with van der Waals surface area (Å²) >= 11 is 0. The van der Waals surface area contributed by atoms with Gasteiger partial charge in [-0.15, -0.1) is 0 Å². The number of ether oxygens (including phenoxy) is 1. The minimum absolute atomic E-state index is 0.440. The second kappa shape index (κ2) is 11.1. The van der Waals surface area contributed by atoms with E-state index in [9.17, 15) is 8.42 Å². The minimum Gasteiger partial charge on any atom is -0.378 e. The Kier molecular flexibility index (Phi) is 8.87. The standard InChI is InChI=1S/C19H32N4O3S/c1-20-19(21-13-8-14-26-17-10-4-3-5-11-17)22-15-16-9-6-7-12-18(16)23-27(2,24)25/h6-7,9,12,17,23H,3-5,8,10-11,13-15H2,1-2H3,(H2,20,21,22). The van der Waals surface area contributed by atoms with Crippen LogP contribution in [-0.2, 0) is 21.3 Å². The molecule has 1 aromatic rings. The van der Waals surface area contributed by atoms with Gasteiger partial charge in [-0.05, 0) is 30.9 Å². The summed E-state index contributed by atoms with van der Waals surface area (Å²) in [7, 11) is -1.59. The number of aliphatic imine (C=N–C) groups is 1. The van der Waals surface area contributed by atoms with Crippen LogP contribution < -0.4 is 15.4 Å². The smallest absolute Gasteiger partial charge is 0.229 e. The fraction of sp³-hybridized carbons (Fsp3) is 0.632. The van der Waals surface area contributed by atoms with Gasteiger partial charge in [0.2, 0.25) is 10.0 Å². The van der Waals surface area contributed by atoms with Crippen molar-refractivity contribution in [2.24, 2.45) is 4.99 Å². The van der Waals surface area contributed by atoms with E-state index in [2.05, 4.69) is 20.3 Å². The molecular weight excluding hydrogens is 364 g/mol. The van der Waals surface area contributed by atoms with Crippen molar-refractivity contribution in [3.05, 3.63) is 29.8 Å². The lowest BCUT2D eigenvalue weighted by Gasteiger charge is -2.22. The number of sulfonamides is 1. The topological polar surface area (TPSA) is 91.8 Å². The van der Waals surface area contributed by atoms with Crippen molar-refractivity contribution in [1.82, 2.24) is 10.6 Å². The van der Waals surface area contributed by atoms with Gasteiger partial charge >= 0.3 is 0 Å². The molecule has 1 saturated carbocycles. The van der Waals surface area contributed by atoms with E-state index in [0.717, 1.165) is 31.4 Å². The van der Waals surface area contributed by atoms with Crippen LogP contribution in [0.2, 0.25) is 0 Å². The van der Waals surface area contributed by atoms with Gasteiger partial charge in [0.1, 0.15) is 0 Å². The molecule has 0 spiro atoms. The Morgan fingerprint density at radius 1 is 1.19 bits per heavy atom. The fourth-order valence-corrected chi connectivity index (χ4v) is 3.73. The highest BCUT2D eigenvalue weighted by molar-refractivity contribution is 7.92. The summed E-state index contributed by atoms with van der Waals surface area (Å²) in [6.07, 6.45) is 8.80. The summed E-state index contributed by atoms with van der Waals surface area (Å²) in [5, 5.41) is 6.48. The maximum absolute atomic E-state index is 11.5. The summed E-state index contributed by atoms with van der Waals surface area (Å²) < 4.78 is 31.4. The number of hydrogen-bond acceptors (Lipinski definition) is 4. The number of guanidine groups is 1. The Morgan fingerprint density at radius 3 is 2.63 bits per heavy atom. The van der Waals surface area contributed by atoms with Crippen molar-refractivity contribution in [1.29, 1.82) is 0 Å². The Morgan fingerprint density at radius 2 is 1.93 bits per heavy atom. The van der Waals surface area contributed by atoms with Crippen LogP contribution in [-0.4, -0.2) is 46.9 Å². The highest BCUT2D eigenvalue weighted by Gasteiger charge is 2.13. The van der Waals surface area contributed by atoms with Crippen LogP contribution in [0.4, 0.5) is 5.69 Å². The van der Waals surface area contributed by atoms with Crippen LogP contribution in [0.25, 0.3) is 0 Å². The number of para-hydroxylation sites is 1. The van der Waals surface area contributed by atoms with Crippen LogP contribution in [0.5, 0.6) is 0 Å². The van der Waals surface area contributed by atoms with E-state index >= 15 is 0 Å². The number of benzene rings is 1. The van der Waals surface area contributed by atoms with Gasteiger partial charge < -0.3 is 15.4 Å². The molecular formula is C19H32N4O3S. The van der Waals surface area contributed by atoms with Crippen molar-refractivity contribution < 1.29 is 13.2 Å². The first kappa shape index (κ1) is 21.5. The van der Waals surface area contributed by atoms with E-state index in [1.54, 1.807) is 19.2 Å². The molecule has 0 bridgehead atoms. The highest BCUT2D eigenvalue weighted by atomic mass is 32.2. The first-order valence-electron chi connectivity index (χ1n) is 9.60. The molecule has 1 fully saturated rings. The molecule has 27 heavy (non-hydrogen) atoms. The number of rotatable bonds is 9. The first-order chi connectivity index (χ1) is 13.0. The summed E-state index contributed by atoms with van der Waals surface area (Å²) in [6, 6.07) is 7.31. The molecule has 0 heterocycles. The average molecular weight is 397 g/mol. The maximum atomic E-state index is 11.5. The van der Waals surface area contributed by atoms with Crippen LogP contribution in [0.1, 0.15) is 44.1 Å². The molecule has 8 heteroatoms. The first-order valence-corrected chi connectivity index (χ1v) is 11.5. The third-order valence-corrected chi connectivity index (χ3v) is 5.09. The van der Waals surface area contributed by atoms with Crippen molar-refractivity contribution >= 4 is 21.7 Å². The van der Waals surface area contributed by atoms with Crippen molar-refractivity contribution in [3.63, 3.8) is 0 Å². The number of nitrogens with zero attached hydrogens (tertiary/aromatic N) is 1. The van der Waals surface area contributed by atoms with Gasteiger partial charge in [0, 0.05) is 26.7 Å². The molecule has 0 radical (unpaired) electrons. The van der Waals surface area contributed by atoms with Crippen LogP contribution in [0.15, 0.2) is 29.3 Å². The Labute approximate surface area is 163 Å². The molecule has 2 rings (SSSR count). The molecule has 152 valence electrons. The zero-order valence-electron chi connectivity index (χ0n) is 16.3. The van der Waals surface area contributed by atoms with E-state index in [4.69, 9.17) is 4.74 Å². The van der Waals surface area contributed by atoms with Crippen molar-refractivity contribution in [3.8, 4) is 0 Å². The normalized spacial score (nSPS) is 16.1. The lowest BCUT2D eigenvalue weighted by Crippen LogP contribution is -2.37. The Hall–Kier alpha value is -1.80. The second-order valence-electron chi connectivity index (χ2n) is 6.87. The third kappa shape index (κ3) is 8.62. The molecule has 1 aromatic carbocycles. The fourth-order valence-electron chi connectivity index (χ4n) is 3.13. The van der Waals surface area contributed by atoms with E-state index in [-0.39, 0.29) is 0 Å². The predicted molar refractivity (Wildman–Crippen MR) is 111 cm³/mol. The van der Waals surface area contributed by atoms with Crippen molar-refractivity contribution in [2.45, 2.75) is 51.2 Å². The minimum atomic E-state index is -3.31. The lowest BCUT2D eigenvalue weighted by molar-refractivity contribution is 0.0277. The zero-order chi connectivity index (χ0) is 19.5. The molecule has 7 nitrogen and oxygen atoms in total. The van der Waals surface area contributed by atoms with E-state index in [0.29, 0.717) is 24.3 Å². The van der Waals surface area contributed by atoms with Crippen molar-refractivity contribution in [2.75, 3.05) is 31.2 Å².